The summed E-state index contributed by atoms with van der Waals surface area (Å²) in [5, 5.41) is 12.1. The summed E-state index contributed by atoms with van der Waals surface area (Å²) in [6.45, 7) is 3.96. The van der Waals surface area contributed by atoms with Gasteiger partial charge in [-0.15, -0.1) is 0 Å². The molecule has 0 aliphatic rings. The first-order valence-corrected chi connectivity index (χ1v) is 5.47. The van der Waals surface area contributed by atoms with Gasteiger partial charge in [0.05, 0.1) is 5.69 Å². The summed E-state index contributed by atoms with van der Waals surface area (Å²) in [4.78, 5) is 11.7. The fraction of sp³-hybridized carbons (Fsp3) is 0.417. The number of anilines is 2. The monoisotopic (exact) mass is 222 g/mol. The van der Waals surface area contributed by atoms with Crippen molar-refractivity contribution in [3.8, 4) is 5.75 Å². The highest BCUT2D eigenvalue weighted by molar-refractivity contribution is 5.92. The highest BCUT2D eigenvalue weighted by atomic mass is 16.3. The number of benzene rings is 1. The van der Waals surface area contributed by atoms with Crippen LogP contribution in [0.15, 0.2) is 18.2 Å². The molecule has 0 heterocycles. The highest BCUT2D eigenvalue weighted by Crippen LogP contribution is 2.24. The molecular weight excluding hydrogens is 204 g/mol. The van der Waals surface area contributed by atoms with Crippen LogP contribution in [0.1, 0.15) is 26.7 Å². The molecule has 16 heavy (non-hydrogen) atoms. The van der Waals surface area contributed by atoms with Gasteiger partial charge in [-0.1, -0.05) is 13.8 Å². The summed E-state index contributed by atoms with van der Waals surface area (Å²) in [6.07, 6.45) is 1.62. The van der Waals surface area contributed by atoms with Crippen molar-refractivity contribution in [3.63, 3.8) is 0 Å². The van der Waals surface area contributed by atoms with Gasteiger partial charge in [-0.05, 0) is 25.0 Å². The number of aromatic hydroxyl groups is 1. The molecule has 0 bridgehead atoms. The van der Waals surface area contributed by atoms with E-state index in [1.54, 1.807) is 12.1 Å². The molecule has 0 saturated heterocycles. The Labute approximate surface area is 95.5 Å². The zero-order valence-electron chi connectivity index (χ0n) is 9.66. The Kier molecular flexibility index (Phi) is 4.17. The van der Waals surface area contributed by atoms with Gasteiger partial charge in [0, 0.05) is 17.7 Å². The van der Waals surface area contributed by atoms with Crippen LogP contribution in [0.3, 0.4) is 0 Å². The van der Waals surface area contributed by atoms with Crippen molar-refractivity contribution in [2.24, 2.45) is 5.92 Å². The van der Waals surface area contributed by atoms with Crippen LogP contribution in [-0.2, 0) is 4.79 Å². The molecule has 1 amide bonds. The molecule has 0 radical (unpaired) electrons. The molecule has 0 aliphatic carbocycles. The molecule has 4 N–H and O–H groups in total. The predicted molar refractivity (Wildman–Crippen MR) is 65.2 cm³/mol. The molecular formula is C12H18N2O2. The second kappa shape index (κ2) is 5.39. The van der Waals surface area contributed by atoms with E-state index in [-0.39, 0.29) is 17.6 Å². The van der Waals surface area contributed by atoms with E-state index in [0.717, 1.165) is 12.8 Å². The van der Waals surface area contributed by atoms with Gasteiger partial charge in [0.25, 0.3) is 0 Å². The van der Waals surface area contributed by atoms with E-state index >= 15 is 0 Å². The topological polar surface area (TPSA) is 75.4 Å². The SMILES string of the molecule is CCC(CC)C(=O)Nc1ccc(N)c(O)c1. The molecule has 1 aromatic carbocycles. The smallest absolute Gasteiger partial charge is 0.227 e. The van der Waals surface area contributed by atoms with Crippen molar-refractivity contribution in [1.82, 2.24) is 0 Å². The standard InChI is InChI=1S/C12H18N2O2/c1-3-8(4-2)12(16)14-9-5-6-10(13)11(15)7-9/h5-8,15H,3-4,13H2,1-2H3,(H,14,16). The molecule has 0 unspecified atom stereocenters. The van der Waals surface area contributed by atoms with Gasteiger partial charge in [0.15, 0.2) is 0 Å². The minimum absolute atomic E-state index is 0.0117. The van der Waals surface area contributed by atoms with Crippen LogP contribution < -0.4 is 11.1 Å². The van der Waals surface area contributed by atoms with Crippen molar-refractivity contribution in [2.45, 2.75) is 26.7 Å². The number of phenolic OH excluding ortho intramolecular Hbond substituents is 1. The first-order valence-electron chi connectivity index (χ1n) is 5.47. The number of nitrogens with one attached hydrogen (secondary N) is 1. The first-order chi connectivity index (χ1) is 7.58. The number of amides is 1. The van der Waals surface area contributed by atoms with Crippen molar-refractivity contribution < 1.29 is 9.90 Å². The van der Waals surface area contributed by atoms with Gasteiger partial charge in [-0.3, -0.25) is 4.79 Å². The number of hydrogen-bond acceptors (Lipinski definition) is 3. The lowest BCUT2D eigenvalue weighted by atomic mass is 10.0. The summed E-state index contributed by atoms with van der Waals surface area (Å²) >= 11 is 0. The van der Waals surface area contributed by atoms with Crippen molar-refractivity contribution in [3.05, 3.63) is 18.2 Å². The Balaban J connectivity index is 2.73. The minimum Gasteiger partial charge on any atom is -0.506 e. The summed E-state index contributed by atoms with van der Waals surface area (Å²) < 4.78 is 0. The normalized spacial score (nSPS) is 10.4. The maximum Gasteiger partial charge on any atom is 0.227 e. The summed E-state index contributed by atoms with van der Waals surface area (Å²) in [7, 11) is 0. The molecule has 0 spiro atoms. The Bertz CT molecular complexity index is 373. The third-order valence-electron chi connectivity index (χ3n) is 2.65. The number of nitrogens with two attached hydrogens (primary N) is 1. The Morgan fingerprint density at radius 1 is 1.44 bits per heavy atom. The molecule has 0 fully saturated rings. The fourth-order valence-electron chi connectivity index (χ4n) is 1.53. The van der Waals surface area contributed by atoms with Gasteiger partial charge in [0.2, 0.25) is 5.91 Å². The summed E-state index contributed by atoms with van der Waals surface area (Å²) in [5.41, 5.74) is 6.35. The van der Waals surface area contributed by atoms with Crippen LogP contribution in [0.4, 0.5) is 11.4 Å². The molecule has 0 atom stereocenters. The van der Waals surface area contributed by atoms with Crippen molar-refractivity contribution >= 4 is 17.3 Å². The zero-order valence-corrected chi connectivity index (χ0v) is 9.66. The van der Waals surface area contributed by atoms with Crippen LogP contribution in [0, 0.1) is 5.92 Å². The van der Waals surface area contributed by atoms with Gasteiger partial charge >= 0.3 is 0 Å². The van der Waals surface area contributed by atoms with Gasteiger partial charge in [0.1, 0.15) is 5.75 Å². The second-order valence-corrected chi connectivity index (χ2v) is 3.78. The third-order valence-corrected chi connectivity index (χ3v) is 2.65. The maximum absolute atomic E-state index is 11.7. The number of hydrogen-bond donors (Lipinski definition) is 3. The third kappa shape index (κ3) is 2.89. The van der Waals surface area contributed by atoms with E-state index in [2.05, 4.69) is 5.32 Å². The molecule has 88 valence electrons. The Morgan fingerprint density at radius 2 is 2.06 bits per heavy atom. The molecule has 4 nitrogen and oxygen atoms in total. The second-order valence-electron chi connectivity index (χ2n) is 3.78. The quantitative estimate of drug-likeness (QED) is 0.540. The van der Waals surface area contributed by atoms with E-state index in [1.807, 2.05) is 13.8 Å². The van der Waals surface area contributed by atoms with Crippen LogP contribution >= 0.6 is 0 Å². The number of carbonyl (C=O) groups is 1. The number of carbonyl (C=O) groups excluding carboxylic acids is 1. The number of phenols is 1. The van der Waals surface area contributed by atoms with Crippen molar-refractivity contribution in [1.29, 1.82) is 0 Å². The molecule has 0 aliphatic heterocycles. The van der Waals surface area contributed by atoms with E-state index in [0.29, 0.717) is 11.4 Å². The lowest BCUT2D eigenvalue weighted by Gasteiger charge is -2.13. The van der Waals surface area contributed by atoms with E-state index in [1.165, 1.54) is 6.07 Å². The summed E-state index contributed by atoms with van der Waals surface area (Å²) in [5.74, 6) is -0.0174. The maximum atomic E-state index is 11.7. The largest absolute Gasteiger partial charge is 0.506 e. The highest BCUT2D eigenvalue weighted by Gasteiger charge is 2.14. The van der Waals surface area contributed by atoms with Gasteiger partial charge in [-0.2, -0.15) is 0 Å². The first kappa shape index (κ1) is 12.4. The molecule has 0 aromatic heterocycles. The van der Waals surface area contributed by atoms with Crippen molar-refractivity contribution in [2.75, 3.05) is 11.1 Å². The van der Waals surface area contributed by atoms with E-state index < -0.39 is 0 Å². The predicted octanol–water partition coefficient (Wildman–Crippen LogP) is 2.35. The molecule has 1 rings (SSSR count). The van der Waals surface area contributed by atoms with Crippen LogP contribution in [0.25, 0.3) is 0 Å². The minimum atomic E-state index is -0.0193. The van der Waals surface area contributed by atoms with Crippen LogP contribution in [0.5, 0.6) is 5.75 Å². The van der Waals surface area contributed by atoms with E-state index in [4.69, 9.17) is 5.73 Å². The molecule has 4 heteroatoms. The number of nitrogen functional groups attached to an aromatic ring is 1. The van der Waals surface area contributed by atoms with Crippen LogP contribution in [0.2, 0.25) is 0 Å². The van der Waals surface area contributed by atoms with Gasteiger partial charge in [-0.25, -0.2) is 0 Å². The molecule has 0 saturated carbocycles. The average Bonchev–Trinajstić information content (AvgIpc) is 2.25. The van der Waals surface area contributed by atoms with Crippen LogP contribution in [-0.4, -0.2) is 11.0 Å². The lowest BCUT2D eigenvalue weighted by Crippen LogP contribution is -2.21. The summed E-state index contributed by atoms with van der Waals surface area (Å²) in [6, 6.07) is 4.70. The Morgan fingerprint density at radius 3 is 2.56 bits per heavy atom. The van der Waals surface area contributed by atoms with Gasteiger partial charge < -0.3 is 16.2 Å². The van der Waals surface area contributed by atoms with E-state index in [9.17, 15) is 9.90 Å². The zero-order chi connectivity index (χ0) is 12.1. The Hall–Kier alpha value is -1.71. The molecule has 1 aromatic rings. The average molecular weight is 222 g/mol. The number of rotatable bonds is 4. The lowest BCUT2D eigenvalue weighted by molar-refractivity contribution is -0.120. The fourth-order valence-corrected chi connectivity index (χ4v) is 1.53.